The van der Waals surface area contributed by atoms with Gasteiger partial charge in [-0.3, -0.25) is 8.77 Å². The van der Waals surface area contributed by atoms with E-state index in [1.807, 2.05) is 0 Å². The van der Waals surface area contributed by atoms with Gasteiger partial charge >= 0.3 is 6.09 Å². The molecule has 8 nitrogen and oxygen atoms in total. The standard InChI is InChI=1S/C26H30FN3O5S/c1-26(2,3)35-25(32)29(4)15-18-13-23(21-11-6-7-12-22(21)27)30(16-18)36(33)20-10-8-9-19(14-20)28-24(31)17-34-5/h6-14,16H,15,17H2,1-5H3,(H,28,31). The SMILES string of the molecule is COCC(=O)Nc1cccc(S(=O)n2cc(CN(C)C(=O)OC(C)(C)C)cc2-c2ccccc2F)c1. The third-order valence-electron chi connectivity index (χ3n) is 4.89. The highest BCUT2D eigenvalue weighted by Crippen LogP contribution is 2.29. The highest BCUT2D eigenvalue weighted by atomic mass is 32.2. The lowest BCUT2D eigenvalue weighted by molar-refractivity contribution is -0.119. The maximum Gasteiger partial charge on any atom is 0.410 e. The average Bonchev–Trinajstić information content (AvgIpc) is 3.21. The van der Waals surface area contributed by atoms with E-state index in [2.05, 4.69) is 5.32 Å². The van der Waals surface area contributed by atoms with Gasteiger partial charge < -0.3 is 19.7 Å². The summed E-state index contributed by atoms with van der Waals surface area (Å²) in [5, 5.41) is 2.68. The summed E-state index contributed by atoms with van der Waals surface area (Å²) in [6, 6.07) is 14.5. The van der Waals surface area contributed by atoms with E-state index in [1.165, 1.54) is 22.0 Å². The van der Waals surface area contributed by atoms with Crippen LogP contribution in [-0.4, -0.2) is 51.4 Å². The fourth-order valence-corrected chi connectivity index (χ4v) is 4.60. The molecular weight excluding hydrogens is 485 g/mol. The van der Waals surface area contributed by atoms with Crippen molar-refractivity contribution in [3.8, 4) is 11.3 Å². The molecule has 0 spiro atoms. The minimum absolute atomic E-state index is 0.114. The molecule has 0 aliphatic carbocycles. The molecule has 2 aromatic carbocycles. The van der Waals surface area contributed by atoms with Crippen molar-refractivity contribution in [2.45, 2.75) is 37.8 Å². The van der Waals surface area contributed by atoms with Gasteiger partial charge in [0.25, 0.3) is 0 Å². The van der Waals surface area contributed by atoms with Crippen LogP contribution in [0.4, 0.5) is 14.9 Å². The molecule has 3 rings (SSSR count). The molecule has 1 unspecified atom stereocenters. The van der Waals surface area contributed by atoms with Crippen LogP contribution in [-0.2, 0) is 31.8 Å². The first kappa shape index (κ1) is 27.1. The van der Waals surface area contributed by atoms with Gasteiger partial charge in [-0.25, -0.2) is 13.4 Å². The summed E-state index contributed by atoms with van der Waals surface area (Å²) in [7, 11) is 1.23. The minimum atomic E-state index is -1.78. The quantitative estimate of drug-likeness (QED) is 0.465. The topological polar surface area (TPSA) is 89.9 Å². The molecule has 1 N–H and O–H groups in total. The zero-order chi connectivity index (χ0) is 26.5. The van der Waals surface area contributed by atoms with Gasteiger partial charge in [0.1, 0.15) is 18.0 Å². The lowest BCUT2D eigenvalue weighted by atomic mass is 10.1. The van der Waals surface area contributed by atoms with Gasteiger partial charge in [0.15, 0.2) is 11.0 Å². The Morgan fingerprint density at radius 3 is 2.50 bits per heavy atom. The maximum atomic E-state index is 14.7. The summed E-state index contributed by atoms with van der Waals surface area (Å²) >= 11 is 0. The molecule has 10 heteroatoms. The number of nitrogens with one attached hydrogen (secondary N) is 1. The average molecular weight is 516 g/mol. The van der Waals surface area contributed by atoms with Crippen molar-refractivity contribution in [2.24, 2.45) is 0 Å². The van der Waals surface area contributed by atoms with Crippen LogP contribution < -0.4 is 5.32 Å². The maximum absolute atomic E-state index is 14.7. The molecule has 0 aliphatic rings. The molecule has 0 fully saturated rings. The number of methoxy groups -OCH3 is 1. The highest BCUT2D eigenvalue weighted by Gasteiger charge is 2.22. The van der Waals surface area contributed by atoms with Gasteiger partial charge in [-0.1, -0.05) is 18.2 Å². The van der Waals surface area contributed by atoms with Crippen LogP contribution in [0.1, 0.15) is 26.3 Å². The van der Waals surface area contributed by atoms with Gasteiger partial charge in [-0.2, -0.15) is 0 Å². The van der Waals surface area contributed by atoms with Crippen molar-refractivity contribution in [2.75, 3.05) is 26.1 Å². The zero-order valence-electron chi connectivity index (χ0n) is 20.9. The smallest absolute Gasteiger partial charge is 0.410 e. The Bertz CT molecular complexity index is 1270. The highest BCUT2D eigenvalue weighted by molar-refractivity contribution is 7.83. The second kappa shape index (κ2) is 11.5. The van der Waals surface area contributed by atoms with Crippen LogP contribution >= 0.6 is 0 Å². The van der Waals surface area contributed by atoms with Crippen molar-refractivity contribution in [1.29, 1.82) is 0 Å². The van der Waals surface area contributed by atoms with Crippen LogP contribution in [0.25, 0.3) is 11.3 Å². The number of rotatable bonds is 8. The van der Waals surface area contributed by atoms with Gasteiger partial charge in [-0.15, -0.1) is 0 Å². The molecule has 0 bridgehead atoms. The van der Waals surface area contributed by atoms with Gasteiger partial charge in [-0.05, 0) is 62.7 Å². The predicted molar refractivity (Wildman–Crippen MR) is 136 cm³/mol. The summed E-state index contributed by atoms with van der Waals surface area (Å²) in [5.41, 5.74) is 1.09. The first-order valence-corrected chi connectivity index (χ1v) is 12.3. The third-order valence-corrected chi connectivity index (χ3v) is 6.21. The second-order valence-electron chi connectivity index (χ2n) is 9.13. The molecular formula is C26H30FN3O5S. The molecule has 1 heterocycles. The summed E-state index contributed by atoms with van der Waals surface area (Å²) < 4.78 is 40.1. The number of aromatic nitrogens is 1. The van der Waals surface area contributed by atoms with E-state index in [4.69, 9.17) is 9.47 Å². The van der Waals surface area contributed by atoms with Gasteiger partial charge in [0.05, 0.1) is 17.1 Å². The number of carbonyl (C=O) groups excluding carboxylic acids is 2. The largest absolute Gasteiger partial charge is 0.444 e. The monoisotopic (exact) mass is 515 g/mol. The summed E-state index contributed by atoms with van der Waals surface area (Å²) in [6.45, 7) is 5.38. The van der Waals surface area contributed by atoms with Crippen LogP contribution in [0.15, 0.2) is 65.7 Å². The molecule has 1 aromatic heterocycles. The Morgan fingerprint density at radius 2 is 1.83 bits per heavy atom. The number of hydrogen-bond acceptors (Lipinski definition) is 5. The Hall–Kier alpha value is -3.50. The van der Waals surface area contributed by atoms with Crippen LogP contribution in [0, 0.1) is 5.82 Å². The number of amides is 2. The zero-order valence-corrected chi connectivity index (χ0v) is 21.7. The minimum Gasteiger partial charge on any atom is -0.444 e. The van der Waals surface area contributed by atoms with Crippen molar-refractivity contribution < 1.29 is 27.7 Å². The van der Waals surface area contributed by atoms with E-state index in [0.29, 0.717) is 21.8 Å². The summed E-state index contributed by atoms with van der Waals surface area (Å²) in [6.07, 6.45) is 1.11. The third kappa shape index (κ3) is 7.02. The number of hydrogen-bond donors (Lipinski definition) is 1. The van der Waals surface area contributed by atoms with Crippen LogP contribution in [0.3, 0.4) is 0 Å². The molecule has 0 aliphatic heterocycles. The number of halogens is 1. The Balaban J connectivity index is 1.97. The molecule has 0 saturated heterocycles. The first-order chi connectivity index (χ1) is 17.0. The van der Waals surface area contributed by atoms with Crippen molar-refractivity contribution in [3.05, 3.63) is 72.2 Å². The molecule has 36 heavy (non-hydrogen) atoms. The second-order valence-corrected chi connectivity index (χ2v) is 10.5. The Labute approximate surface area is 212 Å². The van der Waals surface area contributed by atoms with E-state index in [0.717, 1.165) is 0 Å². The van der Waals surface area contributed by atoms with Crippen LogP contribution in [0.2, 0.25) is 0 Å². The number of carbonyl (C=O) groups is 2. The molecule has 2 amide bonds. The van der Waals surface area contributed by atoms with E-state index in [1.54, 1.807) is 82.5 Å². The fourth-order valence-electron chi connectivity index (χ4n) is 3.39. The van der Waals surface area contributed by atoms with Crippen LogP contribution in [0.5, 0.6) is 0 Å². The Morgan fingerprint density at radius 1 is 1.11 bits per heavy atom. The molecule has 3 aromatic rings. The van der Waals surface area contributed by atoms with E-state index in [-0.39, 0.29) is 24.6 Å². The fraction of sp³-hybridized carbons (Fsp3) is 0.308. The van der Waals surface area contributed by atoms with Gasteiger partial charge in [0.2, 0.25) is 5.91 Å². The first-order valence-electron chi connectivity index (χ1n) is 11.2. The number of nitrogens with zero attached hydrogens (tertiary/aromatic N) is 2. The molecule has 0 radical (unpaired) electrons. The Kier molecular flexibility index (Phi) is 8.65. The number of ether oxygens (including phenoxy) is 2. The van der Waals surface area contributed by atoms with E-state index in [9.17, 15) is 18.2 Å². The van der Waals surface area contributed by atoms with Crippen molar-refractivity contribution >= 4 is 28.7 Å². The van der Waals surface area contributed by atoms with Crippen molar-refractivity contribution in [1.82, 2.24) is 8.87 Å². The lowest BCUT2D eigenvalue weighted by Crippen LogP contribution is -2.33. The lowest BCUT2D eigenvalue weighted by Gasteiger charge is -2.24. The molecule has 1 atom stereocenters. The predicted octanol–water partition coefficient (Wildman–Crippen LogP) is 4.82. The number of anilines is 1. The molecule has 0 saturated carbocycles. The normalized spacial score (nSPS) is 12.2. The summed E-state index contributed by atoms with van der Waals surface area (Å²) in [4.78, 5) is 26.1. The van der Waals surface area contributed by atoms with E-state index < -0.39 is 28.5 Å². The molecule has 192 valence electrons. The van der Waals surface area contributed by atoms with Crippen molar-refractivity contribution in [3.63, 3.8) is 0 Å². The number of benzene rings is 2. The summed E-state index contributed by atoms with van der Waals surface area (Å²) in [5.74, 6) is -0.817. The van der Waals surface area contributed by atoms with Gasteiger partial charge in [0, 0.05) is 31.6 Å². The van der Waals surface area contributed by atoms with E-state index >= 15 is 0 Å².